The maximum absolute atomic E-state index is 4.25. The molecule has 0 amide bonds. The molecule has 0 radical (unpaired) electrons. The third-order valence-electron chi connectivity index (χ3n) is 3.02. The van der Waals surface area contributed by atoms with Gasteiger partial charge in [0.15, 0.2) is 0 Å². The number of allylic oxidation sites excluding steroid dienone is 9. The van der Waals surface area contributed by atoms with Crippen molar-refractivity contribution < 1.29 is 0 Å². The Morgan fingerprint density at radius 3 is 3.00 bits per heavy atom. The smallest absolute Gasteiger partial charge is 0.0370 e. The van der Waals surface area contributed by atoms with E-state index in [1.807, 2.05) is 12.4 Å². The van der Waals surface area contributed by atoms with Crippen LogP contribution in [0.15, 0.2) is 64.9 Å². The van der Waals surface area contributed by atoms with Gasteiger partial charge < -0.3 is 0 Å². The topological polar surface area (TPSA) is 12.4 Å². The first-order chi connectivity index (χ1) is 6.91. The van der Waals surface area contributed by atoms with Gasteiger partial charge in [-0.25, -0.2) is 0 Å². The third-order valence-corrected chi connectivity index (χ3v) is 3.02. The van der Waals surface area contributed by atoms with Gasteiger partial charge in [0.25, 0.3) is 0 Å². The summed E-state index contributed by atoms with van der Waals surface area (Å²) >= 11 is 0. The molecule has 1 heterocycles. The second kappa shape index (κ2) is 2.68. The number of rotatable bonds is 0. The van der Waals surface area contributed by atoms with E-state index in [0.717, 1.165) is 6.42 Å². The molecular weight excluding hydrogens is 170 g/mol. The summed E-state index contributed by atoms with van der Waals surface area (Å²) in [4.78, 5) is 4.25. The molecule has 0 spiro atoms. The molecule has 14 heavy (non-hydrogen) atoms. The van der Waals surface area contributed by atoms with Gasteiger partial charge in [0.1, 0.15) is 0 Å². The van der Waals surface area contributed by atoms with E-state index >= 15 is 0 Å². The summed E-state index contributed by atoms with van der Waals surface area (Å²) in [7, 11) is 0. The Bertz CT molecular complexity index is 444. The molecule has 0 N–H and O–H groups in total. The van der Waals surface area contributed by atoms with Crippen LogP contribution >= 0.6 is 0 Å². The zero-order valence-corrected chi connectivity index (χ0v) is 7.85. The van der Waals surface area contributed by atoms with Crippen LogP contribution in [0.5, 0.6) is 0 Å². The number of aliphatic imine (C=N–C) groups is 1. The maximum Gasteiger partial charge on any atom is 0.0370 e. The van der Waals surface area contributed by atoms with E-state index < -0.39 is 0 Å². The lowest BCUT2D eigenvalue weighted by Gasteiger charge is -2.37. The van der Waals surface area contributed by atoms with Crippen LogP contribution in [0.1, 0.15) is 6.42 Å². The maximum atomic E-state index is 4.25. The highest BCUT2D eigenvalue weighted by molar-refractivity contribution is 5.88. The molecule has 0 fully saturated rings. The third kappa shape index (κ3) is 0.925. The minimum absolute atomic E-state index is 0.132. The Labute approximate surface area is 83.5 Å². The van der Waals surface area contributed by atoms with Crippen molar-refractivity contribution in [1.29, 1.82) is 0 Å². The first-order valence-electron chi connectivity index (χ1n) is 4.89. The van der Waals surface area contributed by atoms with Crippen molar-refractivity contribution in [2.45, 2.75) is 6.42 Å². The minimum Gasteiger partial charge on any atom is -0.264 e. The summed E-state index contributed by atoms with van der Waals surface area (Å²) in [6.45, 7) is 0. The molecule has 3 rings (SSSR count). The van der Waals surface area contributed by atoms with Crippen LogP contribution < -0.4 is 0 Å². The molecule has 1 aliphatic heterocycles. The van der Waals surface area contributed by atoms with Crippen LogP contribution in [0.2, 0.25) is 0 Å². The lowest BCUT2D eigenvalue weighted by Crippen LogP contribution is -2.26. The van der Waals surface area contributed by atoms with E-state index in [1.165, 1.54) is 11.1 Å². The fraction of sp³-hybridized carbons (Fsp3) is 0.154. The van der Waals surface area contributed by atoms with Crippen molar-refractivity contribution in [3.63, 3.8) is 0 Å². The van der Waals surface area contributed by atoms with E-state index in [1.54, 1.807) is 0 Å². The van der Waals surface area contributed by atoms with Crippen molar-refractivity contribution in [2.75, 3.05) is 0 Å². The summed E-state index contributed by atoms with van der Waals surface area (Å²) in [5, 5.41) is 0. The molecule has 1 nitrogen and oxygen atoms in total. The molecule has 68 valence electrons. The Morgan fingerprint density at radius 2 is 2.14 bits per heavy atom. The predicted molar refractivity (Wildman–Crippen MR) is 59.1 cm³/mol. The molecule has 3 aliphatic rings. The molecule has 2 bridgehead atoms. The lowest BCUT2D eigenvalue weighted by atomic mass is 9.65. The molecule has 0 aromatic carbocycles. The van der Waals surface area contributed by atoms with Gasteiger partial charge in [-0.3, -0.25) is 4.99 Å². The number of nitrogens with zero attached hydrogens (tertiary/aromatic N) is 1. The molecule has 2 aliphatic carbocycles. The SMILES string of the molecule is C1=CC=C2C=NC=CC3(C=C1)CC=C23. The predicted octanol–water partition coefficient (Wildman–Crippen LogP) is 2.95. The van der Waals surface area contributed by atoms with Crippen LogP contribution in [-0.4, -0.2) is 6.21 Å². The summed E-state index contributed by atoms with van der Waals surface area (Å²) in [5.74, 6) is 0. The van der Waals surface area contributed by atoms with E-state index in [2.05, 4.69) is 47.5 Å². The summed E-state index contributed by atoms with van der Waals surface area (Å²) in [5.41, 5.74) is 2.77. The van der Waals surface area contributed by atoms with Gasteiger partial charge in [0.05, 0.1) is 0 Å². The van der Waals surface area contributed by atoms with E-state index in [-0.39, 0.29) is 5.41 Å². The Balaban J connectivity index is 2.24. The van der Waals surface area contributed by atoms with Crippen LogP contribution in [-0.2, 0) is 0 Å². The Morgan fingerprint density at radius 1 is 1.14 bits per heavy atom. The van der Waals surface area contributed by atoms with Crippen LogP contribution in [0.4, 0.5) is 0 Å². The van der Waals surface area contributed by atoms with Crippen LogP contribution in [0.3, 0.4) is 0 Å². The van der Waals surface area contributed by atoms with Gasteiger partial charge in [-0.15, -0.1) is 0 Å². The summed E-state index contributed by atoms with van der Waals surface area (Å²) in [6, 6.07) is 0. The second-order valence-electron chi connectivity index (χ2n) is 3.82. The molecule has 0 aromatic rings. The molecule has 0 saturated heterocycles. The van der Waals surface area contributed by atoms with Crippen molar-refractivity contribution in [3.05, 3.63) is 59.9 Å². The van der Waals surface area contributed by atoms with Crippen molar-refractivity contribution >= 4 is 6.21 Å². The monoisotopic (exact) mass is 181 g/mol. The van der Waals surface area contributed by atoms with Gasteiger partial charge in [-0.1, -0.05) is 42.5 Å². The van der Waals surface area contributed by atoms with Gasteiger partial charge in [-0.2, -0.15) is 0 Å². The summed E-state index contributed by atoms with van der Waals surface area (Å²) in [6.07, 6.45) is 20.1. The average molecular weight is 181 g/mol. The van der Waals surface area contributed by atoms with Gasteiger partial charge in [-0.05, 0) is 17.6 Å². The zero-order valence-electron chi connectivity index (χ0n) is 7.85. The molecule has 0 aromatic heterocycles. The molecule has 1 unspecified atom stereocenters. The highest BCUT2D eigenvalue weighted by Crippen LogP contribution is 2.48. The van der Waals surface area contributed by atoms with Crippen molar-refractivity contribution in [1.82, 2.24) is 0 Å². The first kappa shape index (κ1) is 7.74. The Kier molecular flexibility index (Phi) is 1.48. The average Bonchev–Trinajstić information content (AvgIpc) is 2.29. The highest BCUT2D eigenvalue weighted by atomic mass is 14.7. The Hall–Kier alpha value is -1.63. The number of hydrogen-bond donors (Lipinski definition) is 0. The summed E-state index contributed by atoms with van der Waals surface area (Å²) < 4.78 is 0. The molecular formula is C13H11N. The normalized spacial score (nSPS) is 32.0. The molecule has 1 atom stereocenters. The van der Waals surface area contributed by atoms with Crippen LogP contribution in [0.25, 0.3) is 0 Å². The minimum atomic E-state index is 0.132. The van der Waals surface area contributed by atoms with Gasteiger partial charge in [0, 0.05) is 17.8 Å². The fourth-order valence-corrected chi connectivity index (χ4v) is 2.15. The fourth-order valence-electron chi connectivity index (χ4n) is 2.15. The number of hydrogen-bond acceptors (Lipinski definition) is 1. The zero-order chi connectivity index (χ0) is 9.43. The highest BCUT2D eigenvalue weighted by Gasteiger charge is 2.37. The van der Waals surface area contributed by atoms with E-state index in [0.29, 0.717) is 0 Å². The lowest BCUT2D eigenvalue weighted by molar-refractivity contribution is 0.545. The van der Waals surface area contributed by atoms with E-state index in [4.69, 9.17) is 0 Å². The van der Waals surface area contributed by atoms with Crippen molar-refractivity contribution in [3.8, 4) is 0 Å². The molecule has 0 saturated carbocycles. The van der Waals surface area contributed by atoms with E-state index in [9.17, 15) is 0 Å². The standard InChI is InChI=1S/C13H11N/c1-2-4-11-10-14-9-8-13(6-3-1)7-5-12(11)13/h1-6,8-10H,7H2. The van der Waals surface area contributed by atoms with Gasteiger partial charge >= 0.3 is 0 Å². The van der Waals surface area contributed by atoms with Gasteiger partial charge in [0.2, 0.25) is 0 Å². The van der Waals surface area contributed by atoms with Crippen LogP contribution in [0, 0.1) is 5.41 Å². The largest absolute Gasteiger partial charge is 0.264 e. The molecule has 1 heteroatoms. The first-order valence-corrected chi connectivity index (χ1v) is 4.89. The quantitative estimate of drug-likeness (QED) is 0.545. The van der Waals surface area contributed by atoms with Crippen molar-refractivity contribution in [2.24, 2.45) is 10.4 Å². The second-order valence-corrected chi connectivity index (χ2v) is 3.82.